The van der Waals surface area contributed by atoms with Crippen LogP contribution in [0.25, 0.3) is 0 Å². The zero-order valence-corrected chi connectivity index (χ0v) is 14.0. The molecule has 2 rings (SSSR count). The Hall–Kier alpha value is -2.49. The molecule has 0 aliphatic carbocycles. The van der Waals surface area contributed by atoms with Crippen molar-refractivity contribution in [3.63, 3.8) is 0 Å². The monoisotopic (exact) mass is 312 g/mol. The summed E-state index contributed by atoms with van der Waals surface area (Å²) < 4.78 is 5.43. The molecule has 0 spiro atoms. The number of benzene rings is 2. The van der Waals surface area contributed by atoms with Crippen LogP contribution in [0.1, 0.15) is 12.5 Å². The molecule has 0 saturated carbocycles. The van der Waals surface area contributed by atoms with E-state index in [1.807, 2.05) is 80.5 Å². The Labute approximate surface area is 138 Å². The lowest BCUT2D eigenvalue weighted by Gasteiger charge is -2.23. The molecule has 0 unspecified atom stereocenters. The van der Waals surface area contributed by atoms with Crippen LogP contribution < -0.4 is 9.64 Å². The summed E-state index contributed by atoms with van der Waals surface area (Å²) in [5.41, 5.74) is 2.13. The maximum atomic E-state index is 12.4. The van der Waals surface area contributed by atoms with Gasteiger partial charge >= 0.3 is 0 Å². The third-order valence-corrected chi connectivity index (χ3v) is 3.65. The highest BCUT2D eigenvalue weighted by molar-refractivity contribution is 5.81. The fourth-order valence-electron chi connectivity index (χ4n) is 2.32. The molecule has 4 heteroatoms. The smallest absolute Gasteiger partial charge is 0.242 e. The predicted molar refractivity (Wildman–Crippen MR) is 93.8 cm³/mol. The first-order valence-corrected chi connectivity index (χ1v) is 7.82. The van der Waals surface area contributed by atoms with E-state index in [1.54, 1.807) is 4.90 Å². The molecule has 0 N–H and O–H groups in total. The molecule has 0 bridgehead atoms. The fraction of sp³-hybridized carbons (Fsp3) is 0.316. The summed E-state index contributed by atoms with van der Waals surface area (Å²) in [6.07, 6.45) is 0. The number of nitrogens with zero attached hydrogens (tertiary/aromatic N) is 2. The second kappa shape index (κ2) is 8.22. The van der Waals surface area contributed by atoms with Gasteiger partial charge in [0.25, 0.3) is 0 Å². The van der Waals surface area contributed by atoms with Crippen molar-refractivity contribution in [2.24, 2.45) is 0 Å². The summed E-state index contributed by atoms with van der Waals surface area (Å²) in [4.78, 5) is 16.1. The first-order chi connectivity index (χ1) is 11.1. The molecule has 0 heterocycles. The lowest BCUT2D eigenvalue weighted by molar-refractivity contribution is -0.128. The van der Waals surface area contributed by atoms with E-state index >= 15 is 0 Å². The first kappa shape index (κ1) is 16.9. The lowest BCUT2D eigenvalue weighted by Crippen LogP contribution is -2.36. The Morgan fingerprint density at radius 1 is 1.00 bits per heavy atom. The minimum Gasteiger partial charge on any atom is -0.494 e. The van der Waals surface area contributed by atoms with Crippen molar-refractivity contribution in [2.75, 3.05) is 32.1 Å². The number of para-hydroxylation sites is 1. The minimum atomic E-state index is 0.0882. The summed E-state index contributed by atoms with van der Waals surface area (Å²) >= 11 is 0. The average molecular weight is 312 g/mol. The van der Waals surface area contributed by atoms with Crippen molar-refractivity contribution in [1.82, 2.24) is 4.90 Å². The zero-order chi connectivity index (χ0) is 16.7. The van der Waals surface area contributed by atoms with Crippen molar-refractivity contribution >= 4 is 11.6 Å². The summed E-state index contributed by atoms with van der Waals surface area (Å²) in [5.74, 6) is 0.944. The number of ether oxygens (including phenoxy) is 1. The Kier molecular flexibility index (Phi) is 6.03. The van der Waals surface area contributed by atoms with Crippen molar-refractivity contribution in [2.45, 2.75) is 13.5 Å². The number of rotatable bonds is 7. The highest BCUT2D eigenvalue weighted by Crippen LogP contribution is 2.14. The largest absolute Gasteiger partial charge is 0.494 e. The molecular weight excluding hydrogens is 288 g/mol. The first-order valence-electron chi connectivity index (χ1n) is 7.82. The molecular formula is C19H24N2O2. The standard InChI is InChI=1S/C19H24N2O2/c1-4-23-18-12-10-16(11-13-18)14-21(3)19(22)15-20(2)17-8-6-5-7-9-17/h5-13H,4,14-15H2,1-3H3. The molecule has 2 aromatic rings. The van der Waals surface area contributed by atoms with Crippen molar-refractivity contribution in [3.05, 3.63) is 60.2 Å². The lowest BCUT2D eigenvalue weighted by atomic mass is 10.2. The molecule has 0 radical (unpaired) electrons. The van der Waals surface area contributed by atoms with E-state index in [9.17, 15) is 4.79 Å². The Morgan fingerprint density at radius 2 is 1.65 bits per heavy atom. The van der Waals surface area contributed by atoms with Crippen LogP contribution in [0.4, 0.5) is 5.69 Å². The molecule has 0 aromatic heterocycles. The molecule has 122 valence electrons. The van der Waals surface area contributed by atoms with Gasteiger partial charge in [-0.25, -0.2) is 0 Å². The SMILES string of the molecule is CCOc1ccc(CN(C)C(=O)CN(C)c2ccccc2)cc1. The van der Waals surface area contributed by atoms with Gasteiger partial charge in [0.05, 0.1) is 13.2 Å². The Balaban J connectivity index is 1.89. The van der Waals surface area contributed by atoms with Gasteiger partial charge in [-0.1, -0.05) is 30.3 Å². The van der Waals surface area contributed by atoms with Gasteiger partial charge in [0.15, 0.2) is 0 Å². The molecule has 0 aliphatic heterocycles. The highest BCUT2D eigenvalue weighted by Gasteiger charge is 2.12. The molecule has 2 aromatic carbocycles. The van der Waals surface area contributed by atoms with Crippen LogP contribution in [0.5, 0.6) is 5.75 Å². The summed E-state index contributed by atoms with van der Waals surface area (Å²) in [6.45, 7) is 3.57. The van der Waals surface area contributed by atoms with Crippen LogP contribution in [0.2, 0.25) is 0 Å². The number of anilines is 1. The fourth-order valence-corrected chi connectivity index (χ4v) is 2.32. The van der Waals surface area contributed by atoms with E-state index in [0.717, 1.165) is 17.0 Å². The molecule has 23 heavy (non-hydrogen) atoms. The van der Waals surface area contributed by atoms with Gasteiger partial charge in [0.2, 0.25) is 5.91 Å². The van der Waals surface area contributed by atoms with Gasteiger partial charge < -0.3 is 14.5 Å². The zero-order valence-electron chi connectivity index (χ0n) is 14.0. The Bertz CT molecular complexity index is 611. The van der Waals surface area contributed by atoms with E-state index < -0.39 is 0 Å². The third-order valence-electron chi connectivity index (χ3n) is 3.65. The second-order valence-electron chi connectivity index (χ2n) is 5.52. The number of likely N-dealkylation sites (N-methyl/N-ethyl adjacent to an activating group) is 2. The number of carbonyl (C=O) groups is 1. The molecule has 0 saturated heterocycles. The maximum absolute atomic E-state index is 12.4. The van der Waals surface area contributed by atoms with Gasteiger partial charge in [0.1, 0.15) is 5.75 Å². The number of amides is 1. The highest BCUT2D eigenvalue weighted by atomic mass is 16.5. The minimum absolute atomic E-state index is 0.0882. The van der Waals surface area contributed by atoms with E-state index in [-0.39, 0.29) is 5.91 Å². The predicted octanol–water partition coefficient (Wildman–Crippen LogP) is 3.18. The van der Waals surface area contributed by atoms with Crippen LogP contribution >= 0.6 is 0 Å². The maximum Gasteiger partial charge on any atom is 0.242 e. The molecule has 4 nitrogen and oxygen atoms in total. The normalized spacial score (nSPS) is 10.2. The van der Waals surface area contributed by atoms with Gasteiger partial charge in [-0.05, 0) is 36.8 Å². The molecule has 0 atom stereocenters. The van der Waals surface area contributed by atoms with Crippen LogP contribution in [0, 0.1) is 0 Å². The van der Waals surface area contributed by atoms with E-state index in [4.69, 9.17) is 4.74 Å². The number of hydrogen-bond donors (Lipinski definition) is 0. The van der Waals surface area contributed by atoms with Gasteiger partial charge in [-0.3, -0.25) is 4.79 Å². The quantitative estimate of drug-likeness (QED) is 0.787. The van der Waals surface area contributed by atoms with Crippen molar-refractivity contribution in [3.8, 4) is 5.75 Å². The number of hydrogen-bond acceptors (Lipinski definition) is 3. The molecule has 1 amide bonds. The second-order valence-corrected chi connectivity index (χ2v) is 5.52. The molecule has 0 aliphatic rings. The number of carbonyl (C=O) groups excluding carboxylic acids is 1. The van der Waals surface area contributed by atoms with Gasteiger partial charge in [-0.15, -0.1) is 0 Å². The van der Waals surface area contributed by atoms with Crippen LogP contribution in [0.15, 0.2) is 54.6 Å². The van der Waals surface area contributed by atoms with Crippen LogP contribution in [-0.2, 0) is 11.3 Å². The Morgan fingerprint density at radius 3 is 2.26 bits per heavy atom. The van der Waals surface area contributed by atoms with Gasteiger partial charge in [0, 0.05) is 26.3 Å². The van der Waals surface area contributed by atoms with Crippen molar-refractivity contribution < 1.29 is 9.53 Å². The molecule has 0 fully saturated rings. The van der Waals surface area contributed by atoms with E-state index in [2.05, 4.69) is 0 Å². The average Bonchev–Trinajstić information content (AvgIpc) is 2.57. The summed E-state index contributed by atoms with van der Waals surface area (Å²) in [7, 11) is 3.76. The van der Waals surface area contributed by atoms with E-state index in [1.165, 1.54) is 0 Å². The van der Waals surface area contributed by atoms with Crippen molar-refractivity contribution in [1.29, 1.82) is 0 Å². The third kappa shape index (κ3) is 5.02. The summed E-state index contributed by atoms with van der Waals surface area (Å²) in [6, 6.07) is 17.8. The van der Waals surface area contributed by atoms with Gasteiger partial charge in [-0.2, -0.15) is 0 Å². The summed E-state index contributed by atoms with van der Waals surface area (Å²) in [5, 5.41) is 0. The van der Waals surface area contributed by atoms with Crippen LogP contribution in [0.3, 0.4) is 0 Å². The van der Waals surface area contributed by atoms with E-state index in [0.29, 0.717) is 19.7 Å². The van der Waals surface area contributed by atoms with Crippen LogP contribution in [-0.4, -0.2) is 38.1 Å². The topological polar surface area (TPSA) is 32.8 Å².